The molecule has 0 fully saturated rings. The zero-order chi connectivity index (χ0) is 16.6. The van der Waals surface area contributed by atoms with Crippen LogP contribution in [0.3, 0.4) is 0 Å². The third-order valence-corrected chi connectivity index (χ3v) is 5.59. The number of nitrogens with one attached hydrogen (secondary N) is 1. The molecule has 2 N–H and O–H groups in total. The van der Waals surface area contributed by atoms with E-state index < -0.39 is 16.0 Å². The lowest BCUT2D eigenvalue weighted by atomic mass is 10.1. The SMILES string of the molecule is O=C(O)c1cc2c(c(S(=O)(=O)Nc3ccccc3Cl)c1)CCC2. The molecule has 0 bridgehead atoms. The van der Waals surface area contributed by atoms with Crippen molar-refractivity contribution in [1.82, 2.24) is 0 Å². The summed E-state index contributed by atoms with van der Waals surface area (Å²) in [5.74, 6) is -1.14. The molecule has 0 saturated carbocycles. The minimum absolute atomic E-state index is 0.0184. The van der Waals surface area contributed by atoms with Crippen molar-refractivity contribution in [2.24, 2.45) is 0 Å². The molecule has 0 amide bonds. The normalized spacial score (nSPS) is 13.6. The number of para-hydroxylation sites is 1. The summed E-state index contributed by atoms with van der Waals surface area (Å²) in [4.78, 5) is 11.3. The lowest BCUT2D eigenvalue weighted by molar-refractivity contribution is 0.0696. The van der Waals surface area contributed by atoms with Gasteiger partial charge in [0.2, 0.25) is 0 Å². The van der Waals surface area contributed by atoms with Gasteiger partial charge in [0, 0.05) is 0 Å². The van der Waals surface area contributed by atoms with Crippen LogP contribution in [0.4, 0.5) is 5.69 Å². The van der Waals surface area contributed by atoms with Crippen LogP contribution in [0.25, 0.3) is 0 Å². The van der Waals surface area contributed by atoms with E-state index in [-0.39, 0.29) is 21.2 Å². The standard InChI is InChI=1S/C16H14ClNO4S/c17-13-6-1-2-7-14(13)18-23(21,22)15-9-11(16(19)20)8-10-4-3-5-12(10)15/h1-2,6-9,18H,3-5H2,(H,19,20). The van der Waals surface area contributed by atoms with Gasteiger partial charge >= 0.3 is 5.97 Å². The Bertz CT molecular complexity index is 893. The third-order valence-electron chi connectivity index (χ3n) is 3.83. The van der Waals surface area contributed by atoms with Gasteiger partial charge in [-0.2, -0.15) is 0 Å². The van der Waals surface area contributed by atoms with Gasteiger partial charge in [0.1, 0.15) is 0 Å². The number of sulfonamides is 1. The maximum absolute atomic E-state index is 12.7. The number of halogens is 1. The van der Waals surface area contributed by atoms with Crippen LogP contribution in [0.1, 0.15) is 27.9 Å². The van der Waals surface area contributed by atoms with Crippen LogP contribution in [-0.4, -0.2) is 19.5 Å². The Labute approximate surface area is 139 Å². The summed E-state index contributed by atoms with van der Waals surface area (Å²) in [7, 11) is -3.91. The summed E-state index contributed by atoms with van der Waals surface area (Å²) in [6.07, 6.45) is 2.12. The van der Waals surface area contributed by atoms with Crippen molar-refractivity contribution in [3.05, 3.63) is 58.1 Å². The van der Waals surface area contributed by atoms with Crippen molar-refractivity contribution in [2.45, 2.75) is 24.2 Å². The fourth-order valence-corrected chi connectivity index (χ4v) is 4.43. The van der Waals surface area contributed by atoms with Crippen LogP contribution in [0.5, 0.6) is 0 Å². The van der Waals surface area contributed by atoms with E-state index in [4.69, 9.17) is 11.6 Å². The van der Waals surface area contributed by atoms with E-state index in [1.165, 1.54) is 6.07 Å². The first-order valence-electron chi connectivity index (χ1n) is 7.05. The lowest BCUT2D eigenvalue weighted by Crippen LogP contribution is -2.16. The molecule has 1 aliphatic rings. The number of anilines is 1. The number of carbonyl (C=O) groups is 1. The number of fused-ring (bicyclic) bond motifs is 1. The molecule has 0 saturated heterocycles. The topological polar surface area (TPSA) is 83.5 Å². The summed E-state index contributed by atoms with van der Waals surface area (Å²) in [5, 5.41) is 9.48. The average Bonchev–Trinajstić information content (AvgIpc) is 2.96. The highest BCUT2D eigenvalue weighted by molar-refractivity contribution is 7.92. The predicted octanol–water partition coefficient (Wildman–Crippen LogP) is 3.33. The van der Waals surface area contributed by atoms with Crippen LogP contribution in [0.2, 0.25) is 5.02 Å². The predicted molar refractivity (Wildman–Crippen MR) is 87.7 cm³/mol. The molecule has 0 heterocycles. The molecule has 0 atom stereocenters. The van der Waals surface area contributed by atoms with Crippen molar-refractivity contribution >= 4 is 33.3 Å². The zero-order valence-corrected chi connectivity index (χ0v) is 13.6. The van der Waals surface area contributed by atoms with Crippen molar-refractivity contribution in [1.29, 1.82) is 0 Å². The molecule has 2 aromatic rings. The number of aromatic carboxylic acids is 1. The zero-order valence-electron chi connectivity index (χ0n) is 12.0. The van der Waals surface area contributed by atoms with Crippen LogP contribution in [0.15, 0.2) is 41.3 Å². The fourth-order valence-electron chi connectivity index (χ4n) is 2.77. The molecule has 7 heteroatoms. The van der Waals surface area contributed by atoms with E-state index in [1.807, 2.05) is 0 Å². The van der Waals surface area contributed by atoms with Crippen LogP contribution in [0, 0.1) is 0 Å². The van der Waals surface area contributed by atoms with E-state index in [2.05, 4.69) is 4.72 Å². The second-order valence-corrected chi connectivity index (χ2v) is 7.41. The molecule has 0 aliphatic heterocycles. The van der Waals surface area contributed by atoms with Gasteiger partial charge < -0.3 is 5.11 Å². The Morgan fingerprint density at radius 1 is 1.17 bits per heavy atom. The molecule has 5 nitrogen and oxygen atoms in total. The van der Waals surface area contributed by atoms with E-state index >= 15 is 0 Å². The molecule has 23 heavy (non-hydrogen) atoms. The number of rotatable bonds is 4. The van der Waals surface area contributed by atoms with E-state index in [0.717, 1.165) is 12.0 Å². The quantitative estimate of drug-likeness (QED) is 0.885. The lowest BCUT2D eigenvalue weighted by Gasteiger charge is -2.14. The van der Waals surface area contributed by atoms with Crippen LogP contribution >= 0.6 is 11.6 Å². The second kappa shape index (κ2) is 5.86. The fraction of sp³-hybridized carbons (Fsp3) is 0.188. The van der Waals surface area contributed by atoms with Gasteiger partial charge in [0.15, 0.2) is 0 Å². The van der Waals surface area contributed by atoms with Gasteiger partial charge in [-0.25, -0.2) is 13.2 Å². The largest absolute Gasteiger partial charge is 0.478 e. The molecule has 3 rings (SSSR count). The van der Waals surface area contributed by atoms with Crippen LogP contribution in [-0.2, 0) is 22.9 Å². The van der Waals surface area contributed by atoms with Crippen molar-refractivity contribution < 1.29 is 18.3 Å². The molecular formula is C16H14ClNO4S. The van der Waals surface area contributed by atoms with E-state index in [1.54, 1.807) is 30.3 Å². The summed E-state index contributed by atoms with van der Waals surface area (Å²) < 4.78 is 27.9. The molecular weight excluding hydrogens is 338 g/mol. The molecule has 1 aliphatic carbocycles. The first kappa shape index (κ1) is 15.8. The van der Waals surface area contributed by atoms with Gasteiger partial charge in [-0.15, -0.1) is 0 Å². The van der Waals surface area contributed by atoms with Gasteiger partial charge in [0.05, 0.1) is 21.2 Å². The maximum Gasteiger partial charge on any atom is 0.335 e. The van der Waals surface area contributed by atoms with E-state index in [9.17, 15) is 18.3 Å². The highest BCUT2D eigenvalue weighted by atomic mass is 35.5. The highest BCUT2D eigenvalue weighted by Crippen LogP contribution is 2.32. The number of aryl methyl sites for hydroxylation is 1. The average molecular weight is 352 g/mol. The summed E-state index contributed by atoms with van der Waals surface area (Å²) in [6, 6.07) is 9.27. The minimum atomic E-state index is -3.91. The number of carboxylic acid groups (broad SMARTS) is 1. The first-order chi connectivity index (χ1) is 10.9. The second-order valence-electron chi connectivity index (χ2n) is 5.36. The Hall–Kier alpha value is -2.05. The van der Waals surface area contributed by atoms with Gasteiger partial charge in [0.25, 0.3) is 10.0 Å². The molecule has 0 radical (unpaired) electrons. The first-order valence-corrected chi connectivity index (χ1v) is 8.91. The monoisotopic (exact) mass is 351 g/mol. The molecule has 2 aromatic carbocycles. The number of hydrogen-bond acceptors (Lipinski definition) is 3. The van der Waals surface area contributed by atoms with Gasteiger partial charge in [-0.05, 0) is 54.7 Å². The van der Waals surface area contributed by atoms with E-state index in [0.29, 0.717) is 18.4 Å². The van der Waals surface area contributed by atoms with Gasteiger partial charge in [-0.3, -0.25) is 4.72 Å². The van der Waals surface area contributed by atoms with Crippen LogP contribution < -0.4 is 4.72 Å². The van der Waals surface area contributed by atoms with Crippen molar-refractivity contribution in [3.63, 3.8) is 0 Å². The Kier molecular flexibility index (Phi) is 4.04. The molecule has 0 aromatic heterocycles. The molecule has 0 spiro atoms. The number of carboxylic acids is 1. The third kappa shape index (κ3) is 3.04. The smallest absolute Gasteiger partial charge is 0.335 e. The molecule has 0 unspecified atom stereocenters. The van der Waals surface area contributed by atoms with Crippen molar-refractivity contribution in [3.8, 4) is 0 Å². The van der Waals surface area contributed by atoms with Crippen molar-refractivity contribution in [2.75, 3.05) is 4.72 Å². The molecule has 120 valence electrons. The Balaban J connectivity index is 2.10. The number of hydrogen-bond donors (Lipinski definition) is 2. The summed E-state index contributed by atoms with van der Waals surface area (Å²) in [6.45, 7) is 0. The maximum atomic E-state index is 12.7. The Morgan fingerprint density at radius 3 is 2.61 bits per heavy atom. The summed E-state index contributed by atoms with van der Waals surface area (Å²) >= 11 is 6.00. The minimum Gasteiger partial charge on any atom is -0.478 e. The number of benzene rings is 2. The van der Waals surface area contributed by atoms with Gasteiger partial charge in [-0.1, -0.05) is 23.7 Å². The Morgan fingerprint density at radius 2 is 1.91 bits per heavy atom. The summed E-state index contributed by atoms with van der Waals surface area (Å²) in [5.41, 5.74) is 1.71. The highest BCUT2D eigenvalue weighted by Gasteiger charge is 2.26.